The summed E-state index contributed by atoms with van der Waals surface area (Å²) in [5, 5.41) is 14.3. The molecule has 0 radical (unpaired) electrons. The molecular formula is C16H18N2O3. The molecule has 5 heteroatoms. The zero-order valence-corrected chi connectivity index (χ0v) is 12.1. The second kappa shape index (κ2) is 6.85. The number of ether oxygens (including phenoxy) is 1. The van der Waals surface area contributed by atoms with Crippen LogP contribution in [0.15, 0.2) is 48.5 Å². The number of nitrogens with one attached hydrogen (secondary N) is 1. The number of hydrogen-bond acceptors (Lipinski definition) is 4. The Morgan fingerprint density at radius 2 is 1.95 bits per heavy atom. The fourth-order valence-corrected chi connectivity index (χ4v) is 2.10. The van der Waals surface area contributed by atoms with E-state index in [9.17, 15) is 10.1 Å². The van der Waals surface area contributed by atoms with E-state index >= 15 is 0 Å². The zero-order valence-electron chi connectivity index (χ0n) is 12.1. The van der Waals surface area contributed by atoms with Crippen LogP contribution in [0, 0.1) is 10.1 Å². The van der Waals surface area contributed by atoms with Crippen molar-refractivity contribution in [3.05, 3.63) is 69.8 Å². The van der Waals surface area contributed by atoms with E-state index in [1.807, 2.05) is 30.3 Å². The minimum atomic E-state index is -0.410. The molecule has 1 N–H and O–H groups in total. The number of non-ortho nitro benzene ring substituents is 1. The van der Waals surface area contributed by atoms with Crippen molar-refractivity contribution in [1.29, 1.82) is 0 Å². The fraction of sp³-hybridized carbons (Fsp3) is 0.250. The Bertz CT molecular complexity index is 614. The third-order valence-corrected chi connectivity index (χ3v) is 3.31. The van der Waals surface area contributed by atoms with Gasteiger partial charge in [-0.3, -0.25) is 10.1 Å². The average Bonchev–Trinajstić information content (AvgIpc) is 2.53. The van der Waals surface area contributed by atoms with Crippen molar-refractivity contribution in [2.45, 2.75) is 19.5 Å². The van der Waals surface area contributed by atoms with Crippen molar-refractivity contribution in [3.63, 3.8) is 0 Å². The minimum Gasteiger partial charge on any atom is -0.496 e. The van der Waals surface area contributed by atoms with E-state index in [2.05, 4.69) is 12.2 Å². The quantitative estimate of drug-likeness (QED) is 0.652. The number of methoxy groups -OCH3 is 1. The summed E-state index contributed by atoms with van der Waals surface area (Å²) in [5.41, 5.74) is 2.04. The lowest BCUT2D eigenvalue weighted by atomic mass is 10.1. The smallest absolute Gasteiger partial charge is 0.273 e. The van der Waals surface area contributed by atoms with Gasteiger partial charge >= 0.3 is 0 Å². The summed E-state index contributed by atoms with van der Waals surface area (Å²) in [6, 6.07) is 15.0. The molecule has 2 aromatic rings. The normalized spacial score (nSPS) is 11.9. The van der Waals surface area contributed by atoms with Gasteiger partial charge in [-0.05, 0) is 24.1 Å². The zero-order chi connectivity index (χ0) is 15.2. The van der Waals surface area contributed by atoms with Crippen LogP contribution in [0.3, 0.4) is 0 Å². The van der Waals surface area contributed by atoms with Crippen LogP contribution in [0.4, 0.5) is 5.69 Å². The molecule has 0 aliphatic rings. The summed E-state index contributed by atoms with van der Waals surface area (Å²) < 4.78 is 5.10. The summed E-state index contributed by atoms with van der Waals surface area (Å²) in [5.74, 6) is 0.494. The van der Waals surface area contributed by atoms with E-state index in [-0.39, 0.29) is 11.7 Å². The summed E-state index contributed by atoms with van der Waals surface area (Å²) >= 11 is 0. The van der Waals surface area contributed by atoms with Crippen LogP contribution in [0.1, 0.15) is 24.1 Å². The van der Waals surface area contributed by atoms with Crippen molar-refractivity contribution in [1.82, 2.24) is 5.32 Å². The summed E-state index contributed by atoms with van der Waals surface area (Å²) in [4.78, 5) is 10.5. The van der Waals surface area contributed by atoms with Crippen molar-refractivity contribution < 1.29 is 9.66 Å². The highest BCUT2D eigenvalue weighted by Crippen LogP contribution is 2.23. The standard InChI is InChI=1S/C16H18N2O3/c1-12(14-6-4-3-5-7-14)17-11-13-8-15(18(19)20)10-16(9-13)21-2/h3-10,12,17H,11H2,1-2H3. The first-order valence-corrected chi connectivity index (χ1v) is 6.71. The number of nitro groups is 1. The Morgan fingerprint density at radius 3 is 2.57 bits per heavy atom. The largest absolute Gasteiger partial charge is 0.496 e. The van der Waals surface area contributed by atoms with E-state index in [4.69, 9.17) is 4.74 Å². The first-order chi connectivity index (χ1) is 10.1. The molecule has 0 aliphatic carbocycles. The van der Waals surface area contributed by atoms with Gasteiger partial charge in [0, 0.05) is 18.7 Å². The maximum absolute atomic E-state index is 10.9. The van der Waals surface area contributed by atoms with Gasteiger partial charge in [0.15, 0.2) is 0 Å². The summed E-state index contributed by atoms with van der Waals surface area (Å²) in [6.07, 6.45) is 0. The van der Waals surface area contributed by atoms with E-state index in [1.54, 1.807) is 12.1 Å². The molecule has 2 rings (SSSR count). The number of nitro benzene ring substituents is 1. The second-order valence-corrected chi connectivity index (χ2v) is 4.81. The van der Waals surface area contributed by atoms with E-state index in [0.29, 0.717) is 12.3 Å². The molecule has 0 fully saturated rings. The molecule has 0 bridgehead atoms. The molecule has 0 amide bonds. The van der Waals surface area contributed by atoms with Gasteiger partial charge in [0.2, 0.25) is 0 Å². The van der Waals surface area contributed by atoms with Crippen LogP contribution >= 0.6 is 0 Å². The molecule has 0 spiro atoms. The Morgan fingerprint density at radius 1 is 1.24 bits per heavy atom. The van der Waals surface area contributed by atoms with Gasteiger partial charge in [-0.2, -0.15) is 0 Å². The topological polar surface area (TPSA) is 64.4 Å². The highest BCUT2D eigenvalue weighted by atomic mass is 16.6. The van der Waals surface area contributed by atoms with Crippen LogP contribution in [0.25, 0.3) is 0 Å². The number of rotatable bonds is 6. The lowest BCUT2D eigenvalue weighted by molar-refractivity contribution is -0.385. The maximum atomic E-state index is 10.9. The van der Waals surface area contributed by atoms with Gasteiger partial charge in [0.05, 0.1) is 18.1 Å². The number of benzene rings is 2. The Kier molecular flexibility index (Phi) is 4.90. The van der Waals surface area contributed by atoms with Gasteiger partial charge in [-0.1, -0.05) is 30.3 Å². The number of nitrogens with zero attached hydrogens (tertiary/aromatic N) is 1. The van der Waals surface area contributed by atoms with Crippen molar-refractivity contribution in [2.75, 3.05) is 7.11 Å². The molecule has 0 saturated carbocycles. The first-order valence-electron chi connectivity index (χ1n) is 6.71. The maximum Gasteiger partial charge on any atom is 0.273 e. The molecule has 0 heterocycles. The molecule has 1 unspecified atom stereocenters. The molecule has 5 nitrogen and oxygen atoms in total. The van der Waals surface area contributed by atoms with Gasteiger partial charge in [-0.25, -0.2) is 0 Å². The molecule has 2 aromatic carbocycles. The van der Waals surface area contributed by atoms with Crippen molar-refractivity contribution >= 4 is 5.69 Å². The van der Waals surface area contributed by atoms with Gasteiger partial charge in [-0.15, -0.1) is 0 Å². The summed E-state index contributed by atoms with van der Waals surface area (Å²) in [7, 11) is 1.50. The average molecular weight is 286 g/mol. The van der Waals surface area contributed by atoms with Crippen LogP contribution in [0.5, 0.6) is 5.75 Å². The van der Waals surface area contributed by atoms with Gasteiger partial charge < -0.3 is 10.1 Å². The fourth-order valence-electron chi connectivity index (χ4n) is 2.10. The molecule has 0 saturated heterocycles. The molecular weight excluding hydrogens is 268 g/mol. The third-order valence-electron chi connectivity index (χ3n) is 3.31. The highest BCUT2D eigenvalue weighted by molar-refractivity contribution is 5.42. The lowest BCUT2D eigenvalue weighted by Gasteiger charge is -2.14. The third kappa shape index (κ3) is 4.03. The molecule has 1 atom stereocenters. The second-order valence-electron chi connectivity index (χ2n) is 4.81. The first kappa shape index (κ1) is 15.0. The van der Waals surface area contributed by atoms with Crippen LogP contribution in [-0.4, -0.2) is 12.0 Å². The highest BCUT2D eigenvalue weighted by Gasteiger charge is 2.11. The predicted octanol–water partition coefficient (Wildman–Crippen LogP) is 3.45. The molecule has 21 heavy (non-hydrogen) atoms. The SMILES string of the molecule is COc1cc(CNC(C)c2ccccc2)cc([N+](=O)[O-])c1. The monoisotopic (exact) mass is 286 g/mol. The minimum absolute atomic E-state index is 0.0403. The molecule has 0 aliphatic heterocycles. The van der Waals surface area contributed by atoms with Gasteiger partial charge in [0.1, 0.15) is 5.75 Å². The van der Waals surface area contributed by atoms with E-state index in [1.165, 1.54) is 18.7 Å². The summed E-state index contributed by atoms with van der Waals surface area (Å²) in [6.45, 7) is 2.60. The van der Waals surface area contributed by atoms with Crippen molar-refractivity contribution in [3.8, 4) is 5.75 Å². The number of hydrogen-bond donors (Lipinski definition) is 1. The van der Waals surface area contributed by atoms with E-state index < -0.39 is 4.92 Å². The van der Waals surface area contributed by atoms with Crippen LogP contribution < -0.4 is 10.1 Å². The Hall–Kier alpha value is -2.40. The Labute approximate surface area is 123 Å². The predicted molar refractivity (Wildman–Crippen MR) is 81.3 cm³/mol. The molecule has 0 aromatic heterocycles. The lowest BCUT2D eigenvalue weighted by Crippen LogP contribution is -2.18. The van der Waals surface area contributed by atoms with Gasteiger partial charge in [0.25, 0.3) is 5.69 Å². The van der Waals surface area contributed by atoms with Crippen LogP contribution in [0.2, 0.25) is 0 Å². The van der Waals surface area contributed by atoms with E-state index in [0.717, 1.165) is 5.56 Å². The Balaban J connectivity index is 2.09. The van der Waals surface area contributed by atoms with Crippen molar-refractivity contribution in [2.24, 2.45) is 0 Å². The van der Waals surface area contributed by atoms with Crippen LogP contribution in [-0.2, 0) is 6.54 Å². The molecule has 110 valence electrons.